The topological polar surface area (TPSA) is 60.8 Å². The zero-order chi connectivity index (χ0) is 18.2. The predicted molar refractivity (Wildman–Crippen MR) is 97.6 cm³/mol. The predicted octanol–water partition coefficient (Wildman–Crippen LogP) is 1.71. The number of nitrogens with zero attached hydrogens (tertiary/aromatic N) is 2. The van der Waals surface area contributed by atoms with Gasteiger partial charge in [-0.1, -0.05) is 11.6 Å². The smallest absolute Gasteiger partial charge is 0.163 e. The SMILES string of the molecule is CN/C(Cl)=C1/C=C(OC)C(OCCN2CCN(CCF)CC2)=CC1=N. The minimum atomic E-state index is -0.288. The fourth-order valence-electron chi connectivity index (χ4n) is 2.79. The minimum absolute atomic E-state index is 0.273. The number of ether oxygens (including phenoxy) is 2. The maximum atomic E-state index is 12.4. The lowest BCUT2D eigenvalue weighted by Gasteiger charge is -2.34. The van der Waals surface area contributed by atoms with Crippen LogP contribution in [0.2, 0.25) is 0 Å². The lowest BCUT2D eigenvalue weighted by molar-refractivity contribution is 0.0936. The Labute approximate surface area is 153 Å². The standard InChI is InChI=1S/C17H26ClFN4O2/c1-21-17(18)13-11-15(24-2)16(12-14(13)20)25-10-9-23-7-5-22(4-3-19)6-8-23/h11-12,20-21H,3-10H2,1-2H3/b17-13-,20-14?. The molecule has 1 aliphatic heterocycles. The zero-order valence-corrected chi connectivity index (χ0v) is 15.5. The van der Waals surface area contributed by atoms with Crippen molar-refractivity contribution in [3.05, 3.63) is 34.4 Å². The van der Waals surface area contributed by atoms with Gasteiger partial charge in [0.05, 0.1) is 12.8 Å². The number of nitrogens with one attached hydrogen (secondary N) is 2. The molecule has 0 aromatic rings. The van der Waals surface area contributed by atoms with Gasteiger partial charge < -0.3 is 20.2 Å². The third kappa shape index (κ3) is 5.45. The molecule has 1 aliphatic carbocycles. The van der Waals surface area contributed by atoms with E-state index in [0.29, 0.717) is 35.4 Å². The molecule has 2 rings (SSSR count). The average Bonchev–Trinajstić information content (AvgIpc) is 2.63. The molecular weight excluding hydrogens is 347 g/mol. The lowest BCUT2D eigenvalue weighted by Crippen LogP contribution is -2.47. The first-order chi connectivity index (χ1) is 12.1. The van der Waals surface area contributed by atoms with Gasteiger partial charge >= 0.3 is 0 Å². The van der Waals surface area contributed by atoms with Gasteiger partial charge in [-0.2, -0.15) is 0 Å². The molecule has 0 unspecified atom stereocenters. The normalized spacial score (nSPS) is 21.5. The molecule has 1 fully saturated rings. The third-order valence-electron chi connectivity index (χ3n) is 4.29. The minimum Gasteiger partial charge on any atom is -0.493 e. The lowest BCUT2D eigenvalue weighted by atomic mass is 10.0. The summed E-state index contributed by atoms with van der Waals surface area (Å²) in [5.74, 6) is 1.08. The van der Waals surface area contributed by atoms with Crippen LogP contribution in [0.1, 0.15) is 0 Å². The van der Waals surface area contributed by atoms with Crippen LogP contribution in [-0.2, 0) is 9.47 Å². The van der Waals surface area contributed by atoms with Crippen LogP contribution in [-0.4, -0.2) is 82.2 Å². The van der Waals surface area contributed by atoms with E-state index in [1.54, 1.807) is 26.3 Å². The van der Waals surface area contributed by atoms with Crippen LogP contribution in [0.15, 0.2) is 34.4 Å². The first-order valence-electron chi connectivity index (χ1n) is 8.36. The van der Waals surface area contributed by atoms with Crippen molar-refractivity contribution >= 4 is 17.3 Å². The Morgan fingerprint density at radius 1 is 1.20 bits per heavy atom. The summed E-state index contributed by atoms with van der Waals surface area (Å²) in [4.78, 5) is 4.43. The molecule has 0 saturated carbocycles. The first-order valence-corrected chi connectivity index (χ1v) is 8.74. The number of alkyl halides is 1. The average molecular weight is 373 g/mol. The molecule has 0 bridgehead atoms. The maximum absolute atomic E-state index is 12.4. The molecule has 1 heterocycles. The summed E-state index contributed by atoms with van der Waals surface area (Å²) in [6.07, 6.45) is 3.32. The molecule has 0 aromatic carbocycles. The van der Waals surface area contributed by atoms with E-state index in [1.807, 2.05) is 0 Å². The highest BCUT2D eigenvalue weighted by Gasteiger charge is 2.20. The molecule has 140 valence electrons. The van der Waals surface area contributed by atoms with Gasteiger partial charge in [0, 0.05) is 58.0 Å². The van der Waals surface area contributed by atoms with E-state index in [2.05, 4.69) is 15.1 Å². The molecular formula is C17H26ClFN4O2. The Morgan fingerprint density at radius 2 is 1.84 bits per heavy atom. The molecule has 0 amide bonds. The Hall–Kier alpha value is -1.57. The van der Waals surface area contributed by atoms with Gasteiger partial charge in [0.15, 0.2) is 11.5 Å². The molecule has 2 aliphatic rings. The van der Waals surface area contributed by atoms with Crippen molar-refractivity contribution in [3.63, 3.8) is 0 Å². The highest BCUT2D eigenvalue weighted by molar-refractivity contribution is 6.33. The van der Waals surface area contributed by atoms with Gasteiger partial charge in [0.1, 0.15) is 18.4 Å². The Balaban J connectivity index is 1.85. The number of methoxy groups -OCH3 is 1. The van der Waals surface area contributed by atoms with Crippen LogP contribution in [0, 0.1) is 5.41 Å². The largest absolute Gasteiger partial charge is 0.493 e. The molecule has 0 aromatic heterocycles. The van der Waals surface area contributed by atoms with E-state index < -0.39 is 0 Å². The number of halogens is 2. The van der Waals surface area contributed by atoms with Crippen molar-refractivity contribution in [1.82, 2.24) is 15.1 Å². The van der Waals surface area contributed by atoms with E-state index >= 15 is 0 Å². The van der Waals surface area contributed by atoms with Gasteiger partial charge in [0.2, 0.25) is 0 Å². The fraction of sp³-hybridized carbons (Fsp3) is 0.588. The van der Waals surface area contributed by atoms with Gasteiger partial charge in [0.25, 0.3) is 0 Å². The molecule has 0 spiro atoms. The molecule has 1 saturated heterocycles. The van der Waals surface area contributed by atoms with Gasteiger partial charge in [-0.15, -0.1) is 0 Å². The van der Waals surface area contributed by atoms with E-state index in [-0.39, 0.29) is 12.4 Å². The summed E-state index contributed by atoms with van der Waals surface area (Å²) >= 11 is 6.07. The number of hydrogen-bond acceptors (Lipinski definition) is 6. The summed E-state index contributed by atoms with van der Waals surface area (Å²) in [7, 11) is 3.26. The van der Waals surface area contributed by atoms with E-state index in [0.717, 1.165) is 32.7 Å². The van der Waals surface area contributed by atoms with Crippen LogP contribution >= 0.6 is 11.6 Å². The highest BCUT2D eigenvalue weighted by Crippen LogP contribution is 2.24. The van der Waals surface area contributed by atoms with Gasteiger partial charge in [-0.25, -0.2) is 4.39 Å². The first kappa shape index (κ1) is 19.8. The van der Waals surface area contributed by atoms with Crippen LogP contribution in [0.5, 0.6) is 0 Å². The summed E-state index contributed by atoms with van der Waals surface area (Å²) in [5.41, 5.74) is 0.840. The molecule has 0 radical (unpaired) electrons. The monoisotopic (exact) mass is 372 g/mol. The van der Waals surface area contributed by atoms with E-state index in [4.69, 9.17) is 26.5 Å². The Kier molecular flexibility index (Phi) is 7.74. The van der Waals surface area contributed by atoms with Crippen LogP contribution in [0.4, 0.5) is 4.39 Å². The maximum Gasteiger partial charge on any atom is 0.163 e. The third-order valence-corrected chi connectivity index (χ3v) is 4.68. The second-order valence-electron chi connectivity index (χ2n) is 5.83. The van der Waals surface area contributed by atoms with Gasteiger partial charge in [-0.05, 0) is 6.08 Å². The summed E-state index contributed by atoms with van der Waals surface area (Å²) < 4.78 is 23.5. The number of hydrogen-bond donors (Lipinski definition) is 2. The number of piperazine rings is 1. The van der Waals surface area contributed by atoms with Gasteiger partial charge in [-0.3, -0.25) is 9.80 Å². The summed E-state index contributed by atoms with van der Waals surface area (Å²) in [6.45, 7) is 5.11. The highest BCUT2D eigenvalue weighted by atomic mass is 35.5. The van der Waals surface area contributed by atoms with Crippen LogP contribution < -0.4 is 5.32 Å². The van der Waals surface area contributed by atoms with Crippen molar-refractivity contribution in [3.8, 4) is 0 Å². The van der Waals surface area contributed by atoms with Crippen molar-refractivity contribution in [1.29, 1.82) is 5.41 Å². The molecule has 6 nitrogen and oxygen atoms in total. The van der Waals surface area contributed by atoms with E-state index in [1.165, 1.54) is 0 Å². The van der Waals surface area contributed by atoms with Crippen molar-refractivity contribution in [2.75, 3.05) is 66.7 Å². The molecule has 2 N–H and O–H groups in total. The second-order valence-corrected chi connectivity index (χ2v) is 6.21. The second kappa shape index (κ2) is 9.79. The van der Waals surface area contributed by atoms with Crippen LogP contribution in [0.25, 0.3) is 0 Å². The fourth-order valence-corrected chi connectivity index (χ4v) is 2.95. The molecule has 8 heteroatoms. The Bertz CT molecular complexity index is 569. The van der Waals surface area contributed by atoms with E-state index in [9.17, 15) is 4.39 Å². The van der Waals surface area contributed by atoms with Crippen molar-refractivity contribution in [2.24, 2.45) is 0 Å². The quantitative estimate of drug-likeness (QED) is 0.635. The Morgan fingerprint density at radius 3 is 2.40 bits per heavy atom. The molecule has 25 heavy (non-hydrogen) atoms. The number of allylic oxidation sites excluding steroid dienone is 3. The number of rotatable bonds is 8. The zero-order valence-electron chi connectivity index (χ0n) is 14.8. The van der Waals surface area contributed by atoms with Crippen LogP contribution in [0.3, 0.4) is 0 Å². The van der Waals surface area contributed by atoms with Crippen molar-refractivity contribution < 1.29 is 13.9 Å². The van der Waals surface area contributed by atoms with Crippen molar-refractivity contribution in [2.45, 2.75) is 0 Å². The summed E-state index contributed by atoms with van der Waals surface area (Å²) in [5, 5.41) is 11.3. The molecule has 0 atom stereocenters. The summed E-state index contributed by atoms with van der Waals surface area (Å²) in [6, 6.07) is 0.